The van der Waals surface area contributed by atoms with Crippen molar-refractivity contribution in [2.75, 3.05) is 39.5 Å². The molecule has 3 aliphatic rings. The molecule has 0 atom stereocenters. The molecule has 6 rings (SSSR count). The normalized spacial score (nSPS) is 19.1. The second-order valence-corrected chi connectivity index (χ2v) is 12.2. The Morgan fingerprint density at radius 3 is 2.50 bits per heavy atom. The third kappa shape index (κ3) is 7.80. The van der Waals surface area contributed by atoms with Crippen molar-refractivity contribution in [3.8, 4) is 5.75 Å². The Morgan fingerprint density at radius 2 is 1.64 bits per heavy atom. The first-order valence-corrected chi connectivity index (χ1v) is 15.9. The molecule has 1 saturated carbocycles. The topological polar surface area (TPSA) is 54.0 Å². The van der Waals surface area contributed by atoms with Crippen LogP contribution in [-0.2, 0) is 30.8 Å². The van der Waals surface area contributed by atoms with E-state index in [1.54, 1.807) is 0 Å². The molecule has 1 N–H and O–H groups in total. The van der Waals surface area contributed by atoms with Crippen molar-refractivity contribution < 1.29 is 14.3 Å². The molecule has 42 heavy (non-hydrogen) atoms. The molecule has 2 fully saturated rings. The van der Waals surface area contributed by atoms with E-state index in [9.17, 15) is 4.79 Å². The maximum atomic E-state index is 13.3. The molecule has 0 spiro atoms. The van der Waals surface area contributed by atoms with Crippen LogP contribution < -0.4 is 10.1 Å². The Bertz CT molecular complexity index is 1330. The van der Waals surface area contributed by atoms with E-state index < -0.39 is 0 Å². The van der Waals surface area contributed by atoms with Crippen molar-refractivity contribution in [1.82, 2.24) is 15.1 Å². The summed E-state index contributed by atoms with van der Waals surface area (Å²) in [7, 11) is 0. The van der Waals surface area contributed by atoms with Gasteiger partial charge in [0.05, 0.1) is 19.8 Å². The number of fused-ring (bicyclic) bond motifs is 3. The van der Waals surface area contributed by atoms with Crippen LogP contribution in [0, 0.1) is 0 Å². The zero-order valence-corrected chi connectivity index (χ0v) is 24.9. The minimum atomic E-state index is -0.0549. The lowest BCUT2D eigenvalue weighted by Crippen LogP contribution is -2.40. The van der Waals surface area contributed by atoms with Crippen molar-refractivity contribution in [2.24, 2.45) is 0 Å². The van der Waals surface area contributed by atoms with Crippen molar-refractivity contribution in [1.29, 1.82) is 0 Å². The van der Waals surface area contributed by atoms with Crippen LogP contribution in [0.2, 0.25) is 0 Å². The zero-order valence-electron chi connectivity index (χ0n) is 24.9. The van der Waals surface area contributed by atoms with Crippen molar-refractivity contribution in [2.45, 2.75) is 70.6 Å². The van der Waals surface area contributed by atoms with Gasteiger partial charge in [-0.25, -0.2) is 0 Å². The molecule has 3 aromatic rings. The van der Waals surface area contributed by atoms with Crippen LogP contribution in [0.5, 0.6) is 5.75 Å². The molecule has 2 aliphatic heterocycles. The van der Waals surface area contributed by atoms with Crippen LogP contribution in [0.15, 0.2) is 66.7 Å². The number of amides is 1. The summed E-state index contributed by atoms with van der Waals surface area (Å²) in [5.41, 5.74) is 6.77. The van der Waals surface area contributed by atoms with E-state index in [0.717, 1.165) is 75.2 Å². The molecule has 1 amide bonds. The Balaban J connectivity index is 1.14. The van der Waals surface area contributed by atoms with Gasteiger partial charge in [-0.2, -0.15) is 0 Å². The Morgan fingerprint density at radius 1 is 0.810 bits per heavy atom. The number of nitrogens with one attached hydrogen (secondary N) is 1. The molecule has 2 bridgehead atoms. The summed E-state index contributed by atoms with van der Waals surface area (Å²) in [5, 5.41) is 3.15. The molecule has 6 heteroatoms. The standard InChI is InChI=1S/C36H45N3O3/c40-36(37-25-29-8-5-9-30(22-29)26-38-16-19-41-20-17-38)32-13-14-35-33(24-32)23-28-7-4-10-31(21-28)27-39(34-11-6-12-34)15-2-1-3-18-42-35/h4-5,7-10,13-14,21-22,24,34H,1-3,6,11-12,15-20,23,25-27H2,(H,37,40). The van der Waals surface area contributed by atoms with Crippen molar-refractivity contribution in [3.05, 3.63) is 100 Å². The zero-order chi connectivity index (χ0) is 28.6. The average Bonchev–Trinajstić information content (AvgIpc) is 2.98. The van der Waals surface area contributed by atoms with Crippen LogP contribution >= 0.6 is 0 Å². The van der Waals surface area contributed by atoms with E-state index in [1.807, 2.05) is 18.2 Å². The summed E-state index contributed by atoms with van der Waals surface area (Å²) in [6.45, 7) is 7.85. The second-order valence-electron chi connectivity index (χ2n) is 12.2. The number of ether oxygens (including phenoxy) is 2. The molecular weight excluding hydrogens is 522 g/mol. The van der Waals surface area contributed by atoms with Crippen LogP contribution in [0.25, 0.3) is 0 Å². The monoisotopic (exact) mass is 567 g/mol. The van der Waals surface area contributed by atoms with Crippen LogP contribution in [-0.4, -0.2) is 61.2 Å². The Hall–Kier alpha value is -3.19. The number of carbonyl (C=O) groups is 1. The quantitative estimate of drug-likeness (QED) is 0.399. The lowest BCUT2D eigenvalue weighted by Gasteiger charge is -2.38. The maximum absolute atomic E-state index is 13.3. The number of benzene rings is 3. The van der Waals surface area contributed by atoms with E-state index in [4.69, 9.17) is 9.47 Å². The number of hydrogen-bond donors (Lipinski definition) is 1. The molecule has 222 valence electrons. The van der Waals surface area contributed by atoms with Gasteiger partial charge in [-0.1, -0.05) is 55.0 Å². The summed E-state index contributed by atoms with van der Waals surface area (Å²) >= 11 is 0. The molecule has 1 saturated heterocycles. The highest BCUT2D eigenvalue weighted by atomic mass is 16.5. The molecule has 0 radical (unpaired) electrons. The molecule has 0 aromatic heterocycles. The van der Waals surface area contributed by atoms with Crippen LogP contribution in [0.4, 0.5) is 0 Å². The maximum Gasteiger partial charge on any atom is 0.251 e. The Labute approximate surface area is 251 Å². The molecule has 2 heterocycles. The predicted octanol–water partition coefficient (Wildman–Crippen LogP) is 5.96. The minimum absolute atomic E-state index is 0.0549. The smallest absolute Gasteiger partial charge is 0.251 e. The van der Waals surface area contributed by atoms with Gasteiger partial charge < -0.3 is 14.8 Å². The fourth-order valence-electron chi connectivity index (χ4n) is 6.35. The number of hydrogen-bond acceptors (Lipinski definition) is 5. The van der Waals surface area contributed by atoms with Gasteiger partial charge in [0.15, 0.2) is 0 Å². The van der Waals surface area contributed by atoms with Gasteiger partial charge in [-0.15, -0.1) is 0 Å². The van der Waals surface area contributed by atoms with Gasteiger partial charge in [-0.3, -0.25) is 14.6 Å². The molecule has 3 aromatic carbocycles. The minimum Gasteiger partial charge on any atom is -0.493 e. The second kappa shape index (κ2) is 14.3. The summed E-state index contributed by atoms with van der Waals surface area (Å²) < 4.78 is 11.8. The lowest BCUT2D eigenvalue weighted by atomic mass is 9.90. The fraction of sp³-hybridized carbons (Fsp3) is 0.472. The van der Waals surface area contributed by atoms with Crippen LogP contribution in [0.1, 0.15) is 76.7 Å². The summed E-state index contributed by atoms with van der Waals surface area (Å²) in [5.74, 6) is 0.835. The van der Waals surface area contributed by atoms with E-state index in [-0.39, 0.29) is 5.91 Å². The van der Waals surface area contributed by atoms with E-state index in [0.29, 0.717) is 18.7 Å². The molecular formula is C36H45N3O3. The van der Waals surface area contributed by atoms with Crippen molar-refractivity contribution in [3.63, 3.8) is 0 Å². The van der Waals surface area contributed by atoms with E-state index in [2.05, 4.69) is 63.6 Å². The van der Waals surface area contributed by atoms with Gasteiger partial charge >= 0.3 is 0 Å². The number of carbonyl (C=O) groups excluding carboxylic acids is 1. The highest BCUT2D eigenvalue weighted by Crippen LogP contribution is 2.29. The molecule has 1 aliphatic carbocycles. The number of rotatable bonds is 6. The predicted molar refractivity (Wildman–Crippen MR) is 167 cm³/mol. The summed E-state index contributed by atoms with van der Waals surface area (Å²) in [6.07, 6.45) is 8.21. The van der Waals surface area contributed by atoms with Gasteiger partial charge in [0.2, 0.25) is 0 Å². The number of nitrogens with zero attached hydrogens (tertiary/aromatic N) is 2. The van der Waals surface area contributed by atoms with E-state index >= 15 is 0 Å². The van der Waals surface area contributed by atoms with E-state index in [1.165, 1.54) is 55.3 Å². The lowest BCUT2D eigenvalue weighted by molar-refractivity contribution is 0.0342. The Kier molecular flexibility index (Phi) is 9.86. The largest absolute Gasteiger partial charge is 0.493 e. The highest BCUT2D eigenvalue weighted by Gasteiger charge is 2.24. The van der Waals surface area contributed by atoms with Crippen LogP contribution in [0.3, 0.4) is 0 Å². The van der Waals surface area contributed by atoms with Gasteiger partial charge in [0.25, 0.3) is 5.91 Å². The third-order valence-corrected chi connectivity index (χ3v) is 8.99. The molecule has 6 nitrogen and oxygen atoms in total. The van der Waals surface area contributed by atoms with Gasteiger partial charge in [0.1, 0.15) is 5.75 Å². The average molecular weight is 568 g/mol. The first-order valence-electron chi connectivity index (χ1n) is 15.9. The third-order valence-electron chi connectivity index (χ3n) is 8.99. The SMILES string of the molecule is O=C(NCc1cccc(CN2CCOCC2)c1)c1ccc2c(c1)Cc1cccc(c1)CN(C1CCC1)CCCCCO2. The fourth-order valence-corrected chi connectivity index (χ4v) is 6.35. The summed E-state index contributed by atoms with van der Waals surface area (Å²) in [4.78, 5) is 18.4. The first-order chi connectivity index (χ1) is 20.7. The molecule has 0 unspecified atom stereocenters. The summed E-state index contributed by atoms with van der Waals surface area (Å²) in [6, 6.07) is 24.2. The first kappa shape index (κ1) is 28.9. The van der Waals surface area contributed by atoms with Gasteiger partial charge in [-0.05, 0) is 84.7 Å². The van der Waals surface area contributed by atoms with Crippen molar-refractivity contribution >= 4 is 5.91 Å². The highest BCUT2D eigenvalue weighted by molar-refractivity contribution is 5.94. The van der Waals surface area contributed by atoms with Gasteiger partial charge in [0, 0.05) is 50.7 Å². The number of morpholine rings is 1.